The van der Waals surface area contributed by atoms with Crippen molar-refractivity contribution in [1.29, 1.82) is 0 Å². The second-order valence-electron chi connectivity index (χ2n) is 9.54. The van der Waals surface area contributed by atoms with E-state index in [1.165, 1.54) is 49.7 Å². The lowest BCUT2D eigenvalue weighted by Gasteiger charge is -2.30. The Morgan fingerprint density at radius 2 is 1.52 bits per heavy atom. The van der Waals surface area contributed by atoms with Gasteiger partial charge < -0.3 is 4.74 Å². The summed E-state index contributed by atoms with van der Waals surface area (Å²) < 4.78 is 5.45. The van der Waals surface area contributed by atoms with Crippen LogP contribution in [0.1, 0.15) is 96.5 Å². The monoisotopic (exact) mass is 420 g/mol. The van der Waals surface area contributed by atoms with Crippen molar-refractivity contribution in [3.05, 3.63) is 54.1 Å². The third-order valence-corrected chi connectivity index (χ3v) is 7.07. The predicted octanol–water partition coefficient (Wildman–Crippen LogP) is 8.55. The van der Waals surface area contributed by atoms with Crippen molar-refractivity contribution in [1.82, 2.24) is 0 Å². The highest BCUT2D eigenvalue weighted by Gasteiger charge is 2.23. The summed E-state index contributed by atoms with van der Waals surface area (Å²) in [4.78, 5) is 11.9. The van der Waals surface area contributed by atoms with E-state index in [0.29, 0.717) is 12.2 Å². The highest BCUT2D eigenvalue weighted by molar-refractivity contribution is 5.73. The van der Waals surface area contributed by atoms with Gasteiger partial charge in [0, 0.05) is 6.42 Å². The Morgan fingerprint density at radius 1 is 0.903 bits per heavy atom. The van der Waals surface area contributed by atoms with E-state index in [1.807, 2.05) is 24.3 Å². The van der Waals surface area contributed by atoms with Crippen LogP contribution in [0.25, 0.3) is 11.1 Å². The molecule has 1 atom stereocenters. The maximum absolute atomic E-state index is 11.9. The molecule has 1 aliphatic rings. The highest BCUT2D eigenvalue weighted by atomic mass is 16.5. The number of carbonyl (C=O) groups is 1. The molecular weight excluding hydrogens is 380 g/mol. The number of esters is 1. The van der Waals surface area contributed by atoms with Gasteiger partial charge in [-0.25, -0.2) is 0 Å². The van der Waals surface area contributed by atoms with Crippen LogP contribution in [0, 0.1) is 11.8 Å². The molecule has 168 valence electrons. The van der Waals surface area contributed by atoms with Crippen LogP contribution in [0.3, 0.4) is 0 Å². The maximum atomic E-state index is 11.9. The first kappa shape index (κ1) is 23.6. The lowest BCUT2D eigenvalue weighted by Crippen LogP contribution is -2.15. The molecule has 0 saturated heterocycles. The van der Waals surface area contributed by atoms with Gasteiger partial charge in [-0.1, -0.05) is 76.4 Å². The zero-order valence-electron chi connectivity index (χ0n) is 19.7. The maximum Gasteiger partial charge on any atom is 0.311 e. The normalized spacial score (nSPS) is 19.7. The van der Waals surface area contributed by atoms with Crippen molar-refractivity contribution in [3.8, 4) is 16.9 Å². The van der Waals surface area contributed by atoms with Gasteiger partial charge in [0.05, 0.1) is 0 Å². The van der Waals surface area contributed by atoms with Gasteiger partial charge in [-0.2, -0.15) is 0 Å². The van der Waals surface area contributed by atoms with Crippen LogP contribution >= 0.6 is 0 Å². The molecule has 1 aliphatic carbocycles. The minimum Gasteiger partial charge on any atom is -0.427 e. The van der Waals surface area contributed by atoms with Crippen LogP contribution < -0.4 is 4.74 Å². The van der Waals surface area contributed by atoms with Crippen LogP contribution in [0.2, 0.25) is 0 Å². The number of carbonyl (C=O) groups excluding carboxylic acids is 1. The zero-order valence-corrected chi connectivity index (χ0v) is 19.7. The molecule has 0 heterocycles. The van der Waals surface area contributed by atoms with Gasteiger partial charge in [0.15, 0.2) is 0 Å². The van der Waals surface area contributed by atoms with Crippen LogP contribution in [0.15, 0.2) is 48.5 Å². The predicted molar refractivity (Wildman–Crippen MR) is 130 cm³/mol. The number of benzene rings is 2. The van der Waals surface area contributed by atoms with Crippen molar-refractivity contribution in [2.24, 2.45) is 11.8 Å². The third kappa shape index (κ3) is 7.23. The molecule has 2 aromatic rings. The molecule has 0 N–H and O–H groups in total. The van der Waals surface area contributed by atoms with Gasteiger partial charge in [0.2, 0.25) is 0 Å². The minimum absolute atomic E-state index is 0.135. The van der Waals surface area contributed by atoms with E-state index in [1.54, 1.807) is 0 Å². The van der Waals surface area contributed by atoms with Crippen LogP contribution in [-0.4, -0.2) is 5.97 Å². The summed E-state index contributed by atoms with van der Waals surface area (Å²) in [5.74, 6) is 3.03. The van der Waals surface area contributed by atoms with Crippen molar-refractivity contribution in [2.45, 2.75) is 90.9 Å². The van der Waals surface area contributed by atoms with E-state index in [4.69, 9.17) is 4.74 Å². The molecule has 2 nitrogen and oxygen atoms in total. The van der Waals surface area contributed by atoms with Gasteiger partial charge in [-0.15, -0.1) is 0 Å². The largest absolute Gasteiger partial charge is 0.427 e. The van der Waals surface area contributed by atoms with E-state index < -0.39 is 0 Å². The molecule has 0 spiro atoms. The average Bonchev–Trinajstić information content (AvgIpc) is 2.80. The van der Waals surface area contributed by atoms with Crippen LogP contribution in [0.4, 0.5) is 0 Å². The number of hydrogen-bond acceptors (Lipinski definition) is 2. The van der Waals surface area contributed by atoms with E-state index in [9.17, 15) is 4.79 Å². The number of hydrogen-bond donors (Lipinski definition) is 0. The Bertz CT molecular complexity index is 782. The molecule has 1 saturated carbocycles. The molecule has 31 heavy (non-hydrogen) atoms. The summed E-state index contributed by atoms with van der Waals surface area (Å²) >= 11 is 0. The molecule has 0 radical (unpaired) electrons. The molecule has 2 heteroatoms. The van der Waals surface area contributed by atoms with Crippen molar-refractivity contribution in [2.75, 3.05) is 0 Å². The molecule has 2 aromatic carbocycles. The lowest BCUT2D eigenvalue weighted by atomic mass is 9.75. The Labute approximate surface area is 189 Å². The molecule has 0 aromatic heterocycles. The first-order valence-corrected chi connectivity index (χ1v) is 12.5. The summed E-state index contributed by atoms with van der Waals surface area (Å²) in [5, 5.41) is 0. The van der Waals surface area contributed by atoms with Gasteiger partial charge >= 0.3 is 5.97 Å². The first-order valence-electron chi connectivity index (χ1n) is 12.5. The van der Waals surface area contributed by atoms with Crippen LogP contribution in [-0.2, 0) is 4.79 Å². The smallest absolute Gasteiger partial charge is 0.311 e. The molecule has 0 bridgehead atoms. The first-order chi connectivity index (χ1) is 15.1. The summed E-state index contributed by atoms with van der Waals surface area (Å²) in [7, 11) is 0. The summed E-state index contributed by atoms with van der Waals surface area (Å²) in [6.45, 7) is 6.84. The summed E-state index contributed by atoms with van der Waals surface area (Å²) in [6, 6.07) is 17.0. The number of unbranched alkanes of at least 4 members (excludes halogenated alkanes) is 2. The molecule has 0 aliphatic heterocycles. The lowest BCUT2D eigenvalue weighted by molar-refractivity contribution is -0.134. The second-order valence-corrected chi connectivity index (χ2v) is 9.54. The molecule has 0 amide bonds. The average molecular weight is 421 g/mol. The topological polar surface area (TPSA) is 26.3 Å². The van der Waals surface area contributed by atoms with E-state index in [2.05, 4.69) is 45.0 Å². The van der Waals surface area contributed by atoms with E-state index in [0.717, 1.165) is 42.6 Å². The Hall–Kier alpha value is -2.09. The van der Waals surface area contributed by atoms with Gasteiger partial charge in [-0.05, 0) is 85.1 Å². The fourth-order valence-electron chi connectivity index (χ4n) is 4.83. The zero-order chi connectivity index (χ0) is 22.1. The van der Waals surface area contributed by atoms with Gasteiger partial charge in [0.1, 0.15) is 5.75 Å². The van der Waals surface area contributed by atoms with E-state index in [-0.39, 0.29) is 5.97 Å². The molecule has 3 rings (SSSR count). The Kier molecular flexibility index (Phi) is 9.18. The summed E-state index contributed by atoms with van der Waals surface area (Å²) in [6.07, 6.45) is 11.7. The standard InChI is InChI=1S/C29H40O2/c1-4-6-7-8-29(30)31-28-19-17-27(18-20-28)26-15-13-25(14-16-26)24-11-9-23(10-12-24)21-22(3)5-2/h13-20,22-24H,4-12,21H2,1-3H3. The molecular formula is C29H40O2. The van der Waals surface area contributed by atoms with Crippen molar-refractivity contribution >= 4 is 5.97 Å². The SMILES string of the molecule is CCCCCC(=O)Oc1ccc(-c2ccc(C3CCC(CC(C)CC)CC3)cc2)cc1. The highest BCUT2D eigenvalue weighted by Crippen LogP contribution is 2.39. The molecule has 1 unspecified atom stereocenters. The number of rotatable bonds is 10. The Balaban J connectivity index is 1.51. The minimum atomic E-state index is -0.135. The fourth-order valence-corrected chi connectivity index (χ4v) is 4.83. The Morgan fingerprint density at radius 3 is 2.10 bits per heavy atom. The van der Waals surface area contributed by atoms with Gasteiger partial charge in [-0.3, -0.25) is 4.79 Å². The second kappa shape index (κ2) is 12.1. The summed E-state index contributed by atoms with van der Waals surface area (Å²) in [5.41, 5.74) is 3.87. The van der Waals surface area contributed by atoms with E-state index >= 15 is 0 Å². The fraction of sp³-hybridized carbons (Fsp3) is 0.552. The quantitative estimate of drug-likeness (QED) is 0.219. The van der Waals surface area contributed by atoms with Crippen molar-refractivity contribution in [3.63, 3.8) is 0 Å². The third-order valence-electron chi connectivity index (χ3n) is 7.07. The molecule has 1 fully saturated rings. The van der Waals surface area contributed by atoms with Gasteiger partial charge in [0.25, 0.3) is 0 Å². The van der Waals surface area contributed by atoms with Crippen LogP contribution in [0.5, 0.6) is 5.75 Å². The van der Waals surface area contributed by atoms with Crippen molar-refractivity contribution < 1.29 is 9.53 Å². The number of ether oxygens (including phenoxy) is 1.